The lowest BCUT2D eigenvalue weighted by Gasteiger charge is -2.22. The summed E-state index contributed by atoms with van der Waals surface area (Å²) in [6, 6.07) is 7.62. The summed E-state index contributed by atoms with van der Waals surface area (Å²) >= 11 is 0. The van der Waals surface area contributed by atoms with E-state index < -0.39 is 0 Å². The number of hydrogen-bond donors (Lipinski definition) is 1. The van der Waals surface area contributed by atoms with Crippen LogP contribution in [0.3, 0.4) is 0 Å². The Balaban J connectivity index is 1.66. The van der Waals surface area contributed by atoms with Crippen molar-refractivity contribution in [3.05, 3.63) is 41.5 Å². The number of nitrogens with zero attached hydrogens (tertiary/aromatic N) is 3. The number of amides is 1. The molecule has 0 radical (unpaired) electrons. The summed E-state index contributed by atoms with van der Waals surface area (Å²) in [6.07, 6.45) is 2.95. The summed E-state index contributed by atoms with van der Waals surface area (Å²) in [6.45, 7) is 4.78. The van der Waals surface area contributed by atoms with E-state index >= 15 is 0 Å². The molecule has 1 atom stereocenters. The van der Waals surface area contributed by atoms with Gasteiger partial charge in [-0.15, -0.1) is 0 Å². The molecular formula is C18H24N4O2. The molecule has 1 aromatic carbocycles. The van der Waals surface area contributed by atoms with Gasteiger partial charge in [-0.25, -0.2) is 0 Å². The fourth-order valence-electron chi connectivity index (χ4n) is 3.10. The highest BCUT2D eigenvalue weighted by Gasteiger charge is 2.33. The van der Waals surface area contributed by atoms with E-state index in [-0.39, 0.29) is 17.9 Å². The fraction of sp³-hybridized carbons (Fsp3) is 0.500. The number of likely N-dealkylation sites (tertiary alicyclic amines) is 1. The van der Waals surface area contributed by atoms with Crippen molar-refractivity contribution >= 4 is 11.6 Å². The third kappa shape index (κ3) is 3.42. The van der Waals surface area contributed by atoms with Gasteiger partial charge in [-0.1, -0.05) is 37.2 Å². The van der Waals surface area contributed by atoms with Crippen LogP contribution in [-0.2, 0) is 11.2 Å². The van der Waals surface area contributed by atoms with Crippen LogP contribution in [0.5, 0.6) is 0 Å². The van der Waals surface area contributed by atoms with Crippen LogP contribution in [0.2, 0.25) is 0 Å². The summed E-state index contributed by atoms with van der Waals surface area (Å²) in [5, 5.41) is 4.08. The maximum atomic E-state index is 12.7. The van der Waals surface area contributed by atoms with Crippen LogP contribution >= 0.6 is 0 Å². The van der Waals surface area contributed by atoms with Crippen LogP contribution in [0, 0.1) is 0 Å². The number of nitrogens with two attached hydrogens (primary N) is 1. The molecule has 2 aromatic rings. The zero-order valence-corrected chi connectivity index (χ0v) is 14.2. The molecular weight excluding hydrogens is 304 g/mol. The number of carbonyl (C=O) groups is 1. The first kappa shape index (κ1) is 16.5. The monoisotopic (exact) mass is 328 g/mol. The van der Waals surface area contributed by atoms with Gasteiger partial charge < -0.3 is 15.2 Å². The molecule has 3 rings (SSSR count). The number of nitrogen functional groups attached to an aromatic ring is 1. The van der Waals surface area contributed by atoms with Gasteiger partial charge in [-0.2, -0.15) is 4.98 Å². The Kier molecular flexibility index (Phi) is 4.83. The van der Waals surface area contributed by atoms with Gasteiger partial charge in [0.05, 0.1) is 6.04 Å². The molecule has 128 valence electrons. The normalized spacial score (nSPS) is 17.6. The first-order valence-electron chi connectivity index (χ1n) is 8.52. The van der Waals surface area contributed by atoms with Crippen molar-refractivity contribution in [1.29, 1.82) is 0 Å². The van der Waals surface area contributed by atoms with Crippen LogP contribution < -0.4 is 5.73 Å². The minimum absolute atomic E-state index is 0.0677. The predicted molar refractivity (Wildman–Crippen MR) is 91.3 cm³/mol. The minimum Gasteiger partial charge on any atom is -0.399 e. The van der Waals surface area contributed by atoms with Crippen molar-refractivity contribution in [3.8, 4) is 0 Å². The Labute approximate surface area is 142 Å². The van der Waals surface area contributed by atoms with Crippen molar-refractivity contribution in [2.24, 2.45) is 0 Å². The van der Waals surface area contributed by atoms with E-state index in [4.69, 9.17) is 10.3 Å². The second-order valence-corrected chi connectivity index (χ2v) is 6.59. The van der Waals surface area contributed by atoms with E-state index in [9.17, 15) is 4.79 Å². The van der Waals surface area contributed by atoms with Gasteiger partial charge in [0.25, 0.3) is 0 Å². The van der Waals surface area contributed by atoms with E-state index in [2.05, 4.69) is 10.1 Å². The Morgan fingerprint density at radius 2 is 2.21 bits per heavy atom. The van der Waals surface area contributed by atoms with E-state index in [1.165, 1.54) is 0 Å². The second-order valence-electron chi connectivity index (χ2n) is 6.59. The molecule has 0 aliphatic carbocycles. The molecule has 6 nitrogen and oxygen atoms in total. The lowest BCUT2D eigenvalue weighted by molar-refractivity contribution is -0.132. The zero-order chi connectivity index (χ0) is 17.1. The topological polar surface area (TPSA) is 85.2 Å². The van der Waals surface area contributed by atoms with E-state index in [1.807, 2.05) is 43.0 Å². The van der Waals surface area contributed by atoms with Gasteiger partial charge in [-0.05, 0) is 30.9 Å². The first-order chi connectivity index (χ1) is 11.6. The van der Waals surface area contributed by atoms with Gasteiger partial charge >= 0.3 is 0 Å². The highest BCUT2D eigenvalue weighted by molar-refractivity contribution is 5.77. The first-order valence-corrected chi connectivity index (χ1v) is 8.52. The molecule has 1 aliphatic heterocycles. The summed E-state index contributed by atoms with van der Waals surface area (Å²) in [4.78, 5) is 19.0. The molecule has 1 amide bonds. The lowest BCUT2D eigenvalue weighted by atomic mass is 10.1. The predicted octanol–water partition coefficient (Wildman–Crippen LogP) is 3.07. The summed E-state index contributed by atoms with van der Waals surface area (Å²) in [5.74, 6) is 1.57. The van der Waals surface area contributed by atoms with Gasteiger partial charge in [0.2, 0.25) is 11.8 Å². The number of benzene rings is 1. The SMILES string of the molecule is CC(C)c1nc(C2CCCN2C(=O)CCc2ccccc2N)no1. The van der Waals surface area contributed by atoms with Crippen molar-refractivity contribution in [2.75, 3.05) is 12.3 Å². The largest absolute Gasteiger partial charge is 0.399 e. The van der Waals surface area contributed by atoms with Gasteiger partial charge in [0.15, 0.2) is 5.82 Å². The number of anilines is 1. The number of rotatable bonds is 5. The van der Waals surface area contributed by atoms with Gasteiger partial charge in [0.1, 0.15) is 0 Å². The van der Waals surface area contributed by atoms with Crippen molar-refractivity contribution < 1.29 is 9.32 Å². The Bertz CT molecular complexity index is 711. The van der Waals surface area contributed by atoms with Crippen LogP contribution in [0.4, 0.5) is 5.69 Å². The quantitative estimate of drug-likeness (QED) is 0.853. The molecule has 0 spiro atoms. The highest BCUT2D eigenvalue weighted by atomic mass is 16.5. The summed E-state index contributed by atoms with van der Waals surface area (Å²) in [5.41, 5.74) is 7.71. The summed E-state index contributed by atoms with van der Waals surface area (Å²) in [7, 11) is 0. The van der Waals surface area contributed by atoms with Crippen molar-refractivity contribution in [2.45, 2.75) is 51.5 Å². The molecule has 2 heterocycles. The van der Waals surface area contributed by atoms with Crippen molar-refractivity contribution in [1.82, 2.24) is 15.0 Å². The molecule has 1 aromatic heterocycles. The van der Waals surface area contributed by atoms with Crippen LogP contribution in [-0.4, -0.2) is 27.5 Å². The Morgan fingerprint density at radius 1 is 1.42 bits per heavy atom. The average molecular weight is 328 g/mol. The minimum atomic E-state index is -0.0677. The molecule has 1 unspecified atom stereocenters. The number of para-hydroxylation sites is 1. The third-order valence-corrected chi connectivity index (χ3v) is 4.49. The van der Waals surface area contributed by atoms with E-state index in [0.717, 1.165) is 30.6 Å². The average Bonchev–Trinajstić information content (AvgIpc) is 3.22. The molecule has 0 bridgehead atoms. The lowest BCUT2D eigenvalue weighted by Crippen LogP contribution is -2.31. The van der Waals surface area contributed by atoms with Crippen molar-refractivity contribution in [3.63, 3.8) is 0 Å². The Morgan fingerprint density at radius 3 is 2.92 bits per heavy atom. The van der Waals surface area contributed by atoms with Crippen LogP contribution in [0.15, 0.2) is 28.8 Å². The maximum Gasteiger partial charge on any atom is 0.229 e. The molecule has 24 heavy (non-hydrogen) atoms. The van der Waals surface area contributed by atoms with Gasteiger partial charge in [-0.3, -0.25) is 4.79 Å². The van der Waals surface area contributed by atoms with Crippen LogP contribution in [0.25, 0.3) is 0 Å². The number of carbonyl (C=O) groups excluding carboxylic acids is 1. The molecule has 1 fully saturated rings. The number of aryl methyl sites for hydroxylation is 1. The maximum absolute atomic E-state index is 12.7. The number of aromatic nitrogens is 2. The van der Waals surface area contributed by atoms with E-state index in [0.29, 0.717) is 24.6 Å². The van der Waals surface area contributed by atoms with Gasteiger partial charge in [0, 0.05) is 24.6 Å². The molecule has 6 heteroatoms. The second kappa shape index (κ2) is 7.03. The van der Waals surface area contributed by atoms with Crippen LogP contribution in [0.1, 0.15) is 62.3 Å². The fourth-order valence-corrected chi connectivity index (χ4v) is 3.10. The molecule has 1 aliphatic rings. The van der Waals surface area contributed by atoms with E-state index in [1.54, 1.807) is 0 Å². The molecule has 1 saturated heterocycles. The molecule has 0 saturated carbocycles. The smallest absolute Gasteiger partial charge is 0.229 e. The highest BCUT2D eigenvalue weighted by Crippen LogP contribution is 2.31. The molecule has 2 N–H and O–H groups in total. The number of hydrogen-bond acceptors (Lipinski definition) is 5. The zero-order valence-electron chi connectivity index (χ0n) is 14.2. The third-order valence-electron chi connectivity index (χ3n) is 4.49. The standard InChI is InChI=1S/C18H24N4O2/c1-12(2)18-20-17(21-24-18)15-8-5-11-22(15)16(23)10-9-13-6-3-4-7-14(13)19/h3-4,6-7,12,15H,5,8-11,19H2,1-2H3. The Hall–Kier alpha value is -2.37. The summed E-state index contributed by atoms with van der Waals surface area (Å²) < 4.78 is 5.30.